The lowest BCUT2D eigenvalue weighted by Gasteiger charge is -2.22. The van der Waals surface area contributed by atoms with Crippen LogP contribution in [0.15, 0.2) is 41.5 Å². The number of nitrogens with zero attached hydrogens (tertiary/aromatic N) is 2. The summed E-state index contributed by atoms with van der Waals surface area (Å²) in [5.74, 6) is -5.08. The SMILES string of the molecule is CC(C(=O)Nc1ccc(F)cn1)N1CC(c2ccc(=O)[nH]c2)C(F)(F)C1. The summed E-state index contributed by atoms with van der Waals surface area (Å²) in [6.45, 7) is 0.900. The van der Waals surface area contributed by atoms with Crippen molar-refractivity contribution < 1.29 is 18.0 Å². The van der Waals surface area contributed by atoms with Crippen LogP contribution < -0.4 is 10.9 Å². The molecule has 0 aliphatic carbocycles. The number of aromatic amines is 1. The Morgan fingerprint density at radius 2 is 2.15 bits per heavy atom. The van der Waals surface area contributed by atoms with Gasteiger partial charge in [-0.1, -0.05) is 6.07 Å². The summed E-state index contributed by atoms with van der Waals surface area (Å²) in [5, 5.41) is 2.48. The highest BCUT2D eigenvalue weighted by Crippen LogP contribution is 2.40. The molecule has 2 aromatic rings. The number of alkyl halides is 2. The third kappa shape index (κ3) is 3.77. The van der Waals surface area contributed by atoms with E-state index in [-0.39, 0.29) is 17.9 Å². The maximum absolute atomic E-state index is 14.4. The third-order valence-corrected chi connectivity index (χ3v) is 4.46. The van der Waals surface area contributed by atoms with Gasteiger partial charge in [0.05, 0.1) is 24.7 Å². The fourth-order valence-corrected chi connectivity index (χ4v) is 2.94. The summed E-state index contributed by atoms with van der Waals surface area (Å²) >= 11 is 0. The summed E-state index contributed by atoms with van der Waals surface area (Å²) in [7, 11) is 0. The Hall–Kier alpha value is -2.68. The maximum atomic E-state index is 14.4. The summed E-state index contributed by atoms with van der Waals surface area (Å²) in [5.41, 5.74) is -0.0589. The molecule has 0 aromatic carbocycles. The van der Waals surface area contributed by atoms with Crippen LogP contribution in [-0.4, -0.2) is 45.8 Å². The number of pyridine rings is 2. The molecular weight excluding hydrogens is 349 g/mol. The number of hydrogen-bond donors (Lipinski definition) is 2. The molecule has 0 spiro atoms. The average molecular weight is 366 g/mol. The van der Waals surface area contributed by atoms with E-state index < -0.39 is 36.2 Å². The summed E-state index contributed by atoms with van der Waals surface area (Å²) in [6.07, 6.45) is 2.23. The molecule has 138 valence electrons. The van der Waals surface area contributed by atoms with Gasteiger partial charge >= 0.3 is 0 Å². The molecule has 3 rings (SSSR count). The van der Waals surface area contributed by atoms with Gasteiger partial charge < -0.3 is 10.3 Å². The second kappa shape index (κ2) is 6.91. The van der Waals surface area contributed by atoms with E-state index in [1.54, 1.807) is 0 Å². The van der Waals surface area contributed by atoms with Crippen molar-refractivity contribution >= 4 is 11.7 Å². The standard InChI is InChI=1S/C17H17F3N4O2/c1-10(16(26)23-14-4-3-12(18)7-21-14)24-8-13(17(19,20)9-24)11-2-5-15(25)22-6-11/h2-7,10,13H,8-9H2,1H3,(H,22,25)(H,21,23,26). The Kier molecular flexibility index (Phi) is 4.82. The van der Waals surface area contributed by atoms with Crippen LogP contribution in [-0.2, 0) is 4.79 Å². The topological polar surface area (TPSA) is 78.1 Å². The Labute approximate surface area is 147 Å². The zero-order valence-corrected chi connectivity index (χ0v) is 13.9. The monoisotopic (exact) mass is 366 g/mol. The van der Waals surface area contributed by atoms with Crippen molar-refractivity contribution in [3.8, 4) is 0 Å². The van der Waals surface area contributed by atoms with Gasteiger partial charge in [-0.25, -0.2) is 18.2 Å². The zero-order chi connectivity index (χ0) is 18.9. The number of carbonyl (C=O) groups is 1. The number of nitrogens with one attached hydrogen (secondary N) is 2. The molecule has 2 atom stereocenters. The first kappa shape index (κ1) is 18.1. The van der Waals surface area contributed by atoms with Crippen LogP contribution in [0.1, 0.15) is 18.4 Å². The molecule has 26 heavy (non-hydrogen) atoms. The van der Waals surface area contributed by atoms with E-state index in [1.165, 1.54) is 36.2 Å². The Bertz CT molecular complexity index is 833. The Balaban J connectivity index is 1.71. The number of carbonyl (C=O) groups excluding carboxylic acids is 1. The average Bonchev–Trinajstić information content (AvgIpc) is 2.92. The van der Waals surface area contributed by atoms with Gasteiger partial charge in [0.1, 0.15) is 11.6 Å². The minimum Gasteiger partial charge on any atom is -0.329 e. The molecule has 0 radical (unpaired) electrons. The Morgan fingerprint density at radius 1 is 1.38 bits per heavy atom. The molecule has 1 aliphatic rings. The van der Waals surface area contributed by atoms with Crippen LogP contribution in [0.5, 0.6) is 0 Å². The number of rotatable bonds is 4. The molecule has 0 saturated carbocycles. The molecule has 9 heteroatoms. The van der Waals surface area contributed by atoms with Crippen LogP contribution in [0.3, 0.4) is 0 Å². The van der Waals surface area contributed by atoms with Gasteiger partial charge in [0.25, 0.3) is 5.92 Å². The minimum atomic E-state index is -3.04. The number of aromatic nitrogens is 2. The first-order valence-corrected chi connectivity index (χ1v) is 7.99. The predicted octanol–water partition coefficient (Wildman–Crippen LogP) is 1.97. The summed E-state index contributed by atoms with van der Waals surface area (Å²) in [6, 6.07) is 4.17. The van der Waals surface area contributed by atoms with Gasteiger partial charge in [-0.3, -0.25) is 14.5 Å². The maximum Gasteiger partial charge on any atom is 0.268 e. The second-order valence-corrected chi connectivity index (χ2v) is 6.26. The van der Waals surface area contributed by atoms with Gasteiger partial charge in [-0.15, -0.1) is 0 Å². The molecule has 2 aromatic heterocycles. The lowest BCUT2D eigenvalue weighted by atomic mass is 9.97. The normalized spacial score (nSPS) is 20.7. The Morgan fingerprint density at radius 3 is 2.77 bits per heavy atom. The zero-order valence-electron chi connectivity index (χ0n) is 13.9. The molecule has 3 heterocycles. The molecule has 2 N–H and O–H groups in total. The second-order valence-electron chi connectivity index (χ2n) is 6.26. The lowest BCUT2D eigenvalue weighted by Crippen LogP contribution is -2.41. The van der Waals surface area contributed by atoms with Crippen LogP contribution in [0.4, 0.5) is 19.0 Å². The quantitative estimate of drug-likeness (QED) is 0.867. The van der Waals surface area contributed by atoms with Crippen molar-refractivity contribution in [2.75, 3.05) is 18.4 Å². The lowest BCUT2D eigenvalue weighted by molar-refractivity contribution is -0.120. The molecular formula is C17H17F3N4O2. The van der Waals surface area contributed by atoms with Gasteiger partial charge in [0, 0.05) is 18.8 Å². The first-order chi connectivity index (χ1) is 12.3. The van der Waals surface area contributed by atoms with Crippen molar-refractivity contribution in [3.05, 3.63) is 58.4 Å². The summed E-state index contributed by atoms with van der Waals surface area (Å²) in [4.78, 5) is 30.9. The van der Waals surface area contributed by atoms with Crippen molar-refractivity contribution in [1.29, 1.82) is 0 Å². The van der Waals surface area contributed by atoms with Crippen molar-refractivity contribution in [2.45, 2.75) is 24.8 Å². The smallest absolute Gasteiger partial charge is 0.268 e. The van der Waals surface area contributed by atoms with Crippen molar-refractivity contribution in [2.24, 2.45) is 0 Å². The van der Waals surface area contributed by atoms with Crippen LogP contribution in [0.2, 0.25) is 0 Å². The first-order valence-electron chi connectivity index (χ1n) is 7.99. The van der Waals surface area contributed by atoms with Gasteiger partial charge in [0.2, 0.25) is 11.5 Å². The van der Waals surface area contributed by atoms with E-state index >= 15 is 0 Å². The van der Waals surface area contributed by atoms with E-state index in [1.807, 2.05) is 0 Å². The number of anilines is 1. The number of H-pyrrole nitrogens is 1. The molecule has 2 unspecified atom stereocenters. The molecule has 1 amide bonds. The van der Waals surface area contributed by atoms with Gasteiger partial charge in [-0.2, -0.15) is 0 Å². The fourth-order valence-electron chi connectivity index (χ4n) is 2.94. The molecule has 1 fully saturated rings. The van der Waals surface area contributed by atoms with Crippen LogP contribution in [0, 0.1) is 5.82 Å². The van der Waals surface area contributed by atoms with Crippen molar-refractivity contribution in [1.82, 2.24) is 14.9 Å². The number of hydrogen-bond acceptors (Lipinski definition) is 4. The molecule has 6 nitrogen and oxygen atoms in total. The highest BCUT2D eigenvalue weighted by atomic mass is 19.3. The molecule has 1 saturated heterocycles. The van der Waals surface area contributed by atoms with Crippen LogP contribution in [0.25, 0.3) is 0 Å². The van der Waals surface area contributed by atoms with E-state index in [0.717, 1.165) is 12.3 Å². The van der Waals surface area contributed by atoms with Gasteiger partial charge in [0.15, 0.2) is 0 Å². The minimum absolute atomic E-state index is 0.0372. The molecule has 0 bridgehead atoms. The summed E-state index contributed by atoms with van der Waals surface area (Å²) < 4.78 is 41.7. The van der Waals surface area contributed by atoms with E-state index in [2.05, 4.69) is 15.3 Å². The highest BCUT2D eigenvalue weighted by molar-refractivity contribution is 5.93. The number of halogens is 3. The molecule has 1 aliphatic heterocycles. The number of amides is 1. The highest BCUT2D eigenvalue weighted by Gasteiger charge is 2.50. The third-order valence-electron chi connectivity index (χ3n) is 4.46. The van der Waals surface area contributed by atoms with Crippen LogP contribution >= 0.6 is 0 Å². The largest absolute Gasteiger partial charge is 0.329 e. The predicted molar refractivity (Wildman–Crippen MR) is 88.6 cm³/mol. The number of likely N-dealkylation sites (tertiary alicyclic amines) is 1. The fraction of sp³-hybridized carbons (Fsp3) is 0.353. The van der Waals surface area contributed by atoms with Gasteiger partial charge in [-0.05, 0) is 24.6 Å². The van der Waals surface area contributed by atoms with E-state index in [4.69, 9.17) is 0 Å². The van der Waals surface area contributed by atoms with E-state index in [0.29, 0.717) is 5.56 Å². The van der Waals surface area contributed by atoms with E-state index in [9.17, 15) is 22.8 Å². The van der Waals surface area contributed by atoms with Crippen molar-refractivity contribution in [3.63, 3.8) is 0 Å².